The van der Waals surface area contributed by atoms with Gasteiger partial charge in [0.2, 0.25) is 0 Å². The fourth-order valence-corrected chi connectivity index (χ4v) is 2.33. The lowest BCUT2D eigenvalue weighted by atomic mass is 9.94. The molecule has 0 saturated heterocycles. The molecule has 0 fully saturated rings. The molecule has 5 nitrogen and oxygen atoms in total. The van der Waals surface area contributed by atoms with E-state index in [1.807, 2.05) is 0 Å². The zero-order valence-electron chi connectivity index (χ0n) is 12.1. The minimum absolute atomic E-state index is 0.0696. The number of pyridine rings is 1. The number of aromatic hydroxyl groups is 1. The number of hydrogen-bond donors (Lipinski definition) is 2. The Bertz CT molecular complexity index is 782. The van der Waals surface area contributed by atoms with Crippen LogP contribution in [0.4, 0.5) is 13.2 Å². The fraction of sp³-hybridized carbons (Fsp3) is 0.333. The molecular formula is C15H14F3NO4. The first-order chi connectivity index (χ1) is 10.8. The third-order valence-corrected chi connectivity index (χ3v) is 3.35. The van der Waals surface area contributed by atoms with Crippen LogP contribution in [0, 0.1) is 0 Å². The van der Waals surface area contributed by atoms with E-state index >= 15 is 0 Å². The second-order valence-corrected chi connectivity index (χ2v) is 4.87. The molecule has 1 aromatic heterocycles. The number of halogens is 3. The number of esters is 1. The summed E-state index contributed by atoms with van der Waals surface area (Å²) in [4.78, 5) is 25.7. The van der Waals surface area contributed by atoms with Gasteiger partial charge in [0.1, 0.15) is 5.75 Å². The Morgan fingerprint density at radius 1 is 1.35 bits per heavy atom. The van der Waals surface area contributed by atoms with Gasteiger partial charge in [-0.1, -0.05) is 12.1 Å². The summed E-state index contributed by atoms with van der Waals surface area (Å²) in [5.74, 6) is -4.33. The van der Waals surface area contributed by atoms with Crippen molar-refractivity contribution in [2.75, 3.05) is 6.61 Å². The number of fused-ring (bicyclic) bond motifs is 1. The van der Waals surface area contributed by atoms with Crippen molar-refractivity contribution >= 4 is 16.9 Å². The quantitative estimate of drug-likeness (QED) is 0.846. The van der Waals surface area contributed by atoms with Gasteiger partial charge in [-0.25, -0.2) is 0 Å². The van der Waals surface area contributed by atoms with Gasteiger partial charge in [0.05, 0.1) is 30.0 Å². The number of hydrogen-bond acceptors (Lipinski definition) is 4. The molecule has 0 spiro atoms. The molecule has 0 bridgehead atoms. The molecule has 0 saturated carbocycles. The van der Waals surface area contributed by atoms with E-state index < -0.39 is 41.4 Å². The normalized spacial score (nSPS) is 13.0. The van der Waals surface area contributed by atoms with Crippen LogP contribution in [0.25, 0.3) is 10.9 Å². The number of nitrogens with one attached hydrogen (secondary N) is 1. The highest BCUT2D eigenvalue weighted by Crippen LogP contribution is 2.41. The van der Waals surface area contributed by atoms with Crippen LogP contribution in [0.1, 0.15) is 24.8 Å². The summed E-state index contributed by atoms with van der Waals surface area (Å²) >= 11 is 0. The Morgan fingerprint density at radius 3 is 2.61 bits per heavy atom. The largest absolute Gasteiger partial charge is 0.507 e. The molecule has 23 heavy (non-hydrogen) atoms. The number of carbonyl (C=O) groups excluding carboxylic acids is 1. The number of ether oxygens (including phenoxy) is 1. The average molecular weight is 329 g/mol. The van der Waals surface area contributed by atoms with Crippen LogP contribution in [-0.2, 0) is 9.53 Å². The molecule has 1 aromatic carbocycles. The van der Waals surface area contributed by atoms with Crippen LogP contribution in [0.5, 0.6) is 5.75 Å². The molecule has 1 unspecified atom stereocenters. The van der Waals surface area contributed by atoms with Gasteiger partial charge in [-0.05, 0) is 19.1 Å². The molecule has 0 aliphatic rings. The predicted molar refractivity (Wildman–Crippen MR) is 76.3 cm³/mol. The molecule has 124 valence electrons. The molecule has 2 rings (SSSR count). The van der Waals surface area contributed by atoms with Crippen molar-refractivity contribution in [3.05, 3.63) is 40.2 Å². The van der Waals surface area contributed by atoms with Crippen LogP contribution in [0.15, 0.2) is 29.1 Å². The van der Waals surface area contributed by atoms with E-state index in [1.165, 1.54) is 25.1 Å². The SMILES string of the molecule is CCOC(=O)CC(c1c(O)c2ccccc2[nH]c1=O)C(F)(F)F. The maximum Gasteiger partial charge on any atom is 0.396 e. The summed E-state index contributed by atoms with van der Waals surface area (Å²) in [5, 5.41) is 10.2. The first-order valence-electron chi connectivity index (χ1n) is 6.82. The van der Waals surface area contributed by atoms with E-state index in [2.05, 4.69) is 9.72 Å². The topological polar surface area (TPSA) is 79.4 Å². The first kappa shape index (κ1) is 16.9. The molecular weight excluding hydrogens is 315 g/mol. The highest BCUT2D eigenvalue weighted by Gasteiger charge is 2.45. The van der Waals surface area contributed by atoms with Crippen molar-refractivity contribution in [1.29, 1.82) is 0 Å². The van der Waals surface area contributed by atoms with E-state index in [1.54, 1.807) is 6.07 Å². The van der Waals surface area contributed by atoms with E-state index in [-0.39, 0.29) is 17.5 Å². The number of carbonyl (C=O) groups is 1. The van der Waals surface area contributed by atoms with Crippen molar-refractivity contribution in [1.82, 2.24) is 4.98 Å². The van der Waals surface area contributed by atoms with Gasteiger partial charge in [0.25, 0.3) is 5.56 Å². The standard InChI is InChI=1S/C15H14F3NO4/c1-2-23-11(20)7-9(15(16,17)18)12-13(21)8-5-3-4-6-10(8)19-14(12)22/h3-6,9H,2,7H2,1H3,(H2,19,21,22). The van der Waals surface area contributed by atoms with Crippen molar-refractivity contribution in [2.45, 2.75) is 25.4 Å². The van der Waals surface area contributed by atoms with Gasteiger partial charge in [0.15, 0.2) is 0 Å². The Hall–Kier alpha value is -2.51. The van der Waals surface area contributed by atoms with E-state index in [0.29, 0.717) is 0 Å². The maximum atomic E-state index is 13.3. The summed E-state index contributed by atoms with van der Waals surface area (Å²) in [7, 11) is 0. The lowest BCUT2D eigenvalue weighted by Gasteiger charge is -2.20. The van der Waals surface area contributed by atoms with Gasteiger partial charge in [-0.2, -0.15) is 13.2 Å². The third kappa shape index (κ3) is 3.46. The molecule has 0 aliphatic carbocycles. The highest BCUT2D eigenvalue weighted by atomic mass is 19.4. The predicted octanol–water partition coefficient (Wildman–Crippen LogP) is 2.83. The van der Waals surface area contributed by atoms with Crippen LogP contribution in [0.3, 0.4) is 0 Å². The highest BCUT2D eigenvalue weighted by molar-refractivity contribution is 5.86. The molecule has 8 heteroatoms. The third-order valence-electron chi connectivity index (χ3n) is 3.35. The molecule has 1 atom stereocenters. The van der Waals surface area contributed by atoms with Gasteiger partial charge in [0, 0.05) is 5.39 Å². The van der Waals surface area contributed by atoms with Crippen molar-refractivity contribution in [3.63, 3.8) is 0 Å². The van der Waals surface area contributed by atoms with Gasteiger partial charge in [-0.15, -0.1) is 0 Å². The smallest absolute Gasteiger partial charge is 0.396 e. The number of benzene rings is 1. The number of rotatable bonds is 4. The Morgan fingerprint density at radius 2 is 2.00 bits per heavy atom. The molecule has 1 heterocycles. The average Bonchev–Trinajstić information content (AvgIpc) is 2.45. The number of aromatic amines is 1. The lowest BCUT2D eigenvalue weighted by Crippen LogP contribution is -2.30. The zero-order valence-corrected chi connectivity index (χ0v) is 12.1. The second-order valence-electron chi connectivity index (χ2n) is 4.87. The Labute approximate surface area is 128 Å². The molecule has 2 aromatic rings. The summed E-state index contributed by atoms with van der Waals surface area (Å²) < 4.78 is 44.4. The zero-order chi connectivity index (χ0) is 17.2. The number of para-hydroxylation sites is 1. The Kier molecular flexibility index (Phi) is 4.63. The van der Waals surface area contributed by atoms with Crippen molar-refractivity contribution in [3.8, 4) is 5.75 Å². The lowest BCUT2D eigenvalue weighted by molar-refractivity contribution is -0.166. The Balaban J connectivity index is 2.61. The molecule has 2 N–H and O–H groups in total. The van der Waals surface area contributed by atoms with Crippen molar-refractivity contribution < 1.29 is 27.8 Å². The monoisotopic (exact) mass is 329 g/mol. The summed E-state index contributed by atoms with van der Waals surface area (Å²) in [6.45, 7) is 1.38. The molecule has 0 radical (unpaired) electrons. The molecule has 0 aliphatic heterocycles. The first-order valence-corrected chi connectivity index (χ1v) is 6.82. The summed E-state index contributed by atoms with van der Waals surface area (Å²) in [6, 6.07) is 5.91. The van der Waals surface area contributed by atoms with E-state index in [4.69, 9.17) is 0 Å². The number of H-pyrrole nitrogens is 1. The van der Waals surface area contributed by atoms with Gasteiger partial charge in [-0.3, -0.25) is 9.59 Å². The van der Waals surface area contributed by atoms with Crippen LogP contribution in [-0.4, -0.2) is 28.8 Å². The van der Waals surface area contributed by atoms with E-state index in [9.17, 15) is 27.9 Å². The maximum absolute atomic E-state index is 13.3. The molecule has 0 amide bonds. The minimum Gasteiger partial charge on any atom is -0.507 e. The van der Waals surface area contributed by atoms with Gasteiger partial charge < -0.3 is 14.8 Å². The van der Waals surface area contributed by atoms with Crippen molar-refractivity contribution in [2.24, 2.45) is 0 Å². The fourth-order valence-electron chi connectivity index (χ4n) is 2.33. The van der Waals surface area contributed by atoms with Crippen LogP contribution >= 0.6 is 0 Å². The second kappa shape index (κ2) is 6.31. The van der Waals surface area contributed by atoms with Gasteiger partial charge >= 0.3 is 12.1 Å². The number of alkyl halides is 3. The summed E-state index contributed by atoms with van der Waals surface area (Å²) in [5.41, 5.74) is -1.77. The summed E-state index contributed by atoms with van der Waals surface area (Å²) in [6.07, 6.45) is -5.97. The van der Waals surface area contributed by atoms with E-state index in [0.717, 1.165) is 0 Å². The van der Waals surface area contributed by atoms with Crippen LogP contribution < -0.4 is 5.56 Å². The number of aromatic nitrogens is 1. The van der Waals surface area contributed by atoms with Crippen LogP contribution in [0.2, 0.25) is 0 Å². The minimum atomic E-state index is -4.89.